The Kier molecular flexibility index (Phi) is 1.77. The van der Waals surface area contributed by atoms with Crippen molar-refractivity contribution in [2.75, 3.05) is 0 Å². The van der Waals surface area contributed by atoms with Crippen molar-refractivity contribution < 1.29 is 0 Å². The average Bonchev–Trinajstić information content (AvgIpc) is 2.33. The Morgan fingerprint density at radius 3 is 2.67 bits per heavy atom. The maximum Gasteiger partial charge on any atom is 0.150 e. The predicted octanol–water partition coefficient (Wildman–Crippen LogP) is 0.255. The van der Waals surface area contributed by atoms with Gasteiger partial charge in [0.15, 0.2) is 5.82 Å². The van der Waals surface area contributed by atoms with E-state index >= 15 is 0 Å². The molecular formula is C5H10N4. The molecule has 0 aromatic carbocycles. The third-order valence-corrected chi connectivity index (χ3v) is 1.22. The second-order valence-electron chi connectivity index (χ2n) is 1.76. The standard InChI is InChI=1S/C5H10N4/c1-3-5-6-7-8-9(5)4-2/h3-4H2,1-2H3. The molecule has 9 heavy (non-hydrogen) atoms. The molecule has 50 valence electrons. The molecule has 0 saturated carbocycles. The fourth-order valence-electron chi connectivity index (χ4n) is 0.722. The summed E-state index contributed by atoms with van der Waals surface area (Å²) in [5.74, 6) is 0.956. The van der Waals surface area contributed by atoms with Crippen LogP contribution in [0.3, 0.4) is 0 Å². The third-order valence-electron chi connectivity index (χ3n) is 1.22. The van der Waals surface area contributed by atoms with Crippen molar-refractivity contribution in [2.24, 2.45) is 0 Å². The Labute approximate surface area is 53.9 Å². The maximum atomic E-state index is 3.81. The molecule has 1 rings (SSSR count). The van der Waals surface area contributed by atoms with Crippen molar-refractivity contribution >= 4 is 0 Å². The Balaban J connectivity index is 2.85. The maximum absolute atomic E-state index is 3.81. The highest BCUT2D eigenvalue weighted by Crippen LogP contribution is 1.90. The fraction of sp³-hybridized carbons (Fsp3) is 0.800. The topological polar surface area (TPSA) is 43.6 Å². The van der Waals surface area contributed by atoms with Gasteiger partial charge in [0.2, 0.25) is 0 Å². The number of tetrazole rings is 1. The smallest absolute Gasteiger partial charge is 0.150 e. The van der Waals surface area contributed by atoms with Gasteiger partial charge in [0, 0.05) is 13.0 Å². The van der Waals surface area contributed by atoms with E-state index in [2.05, 4.69) is 15.5 Å². The average molecular weight is 126 g/mol. The highest BCUT2D eigenvalue weighted by molar-refractivity contribution is 4.77. The zero-order valence-corrected chi connectivity index (χ0v) is 5.70. The summed E-state index contributed by atoms with van der Waals surface area (Å²) in [5.41, 5.74) is 0. The highest BCUT2D eigenvalue weighted by atomic mass is 15.5. The minimum atomic E-state index is 0.857. The van der Waals surface area contributed by atoms with Crippen LogP contribution in [0.5, 0.6) is 0 Å². The first-order valence-electron chi connectivity index (χ1n) is 3.13. The van der Waals surface area contributed by atoms with Crippen molar-refractivity contribution in [3.05, 3.63) is 5.82 Å². The summed E-state index contributed by atoms with van der Waals surface area (Å²) < 4.78 is 1.79. The molecule has 4 nitrogen and oxygen atoms in total. The third kappa shape index (κ3) is 1.06. The van der Waals surface area contributed by atoms with Gasteiger partial charge >= 0.3 is 0 Å². The van der Waals surface area contributed by atoms with E-state index in [4.69, 9.17) is 0 Å². The van der Waals surface area contributed by atoms with Crippen LogP contribution in [0.1, 0.15) is 19.7 Å². The first-order chi connectivity index (χ1) is 4.38. The van der Waals surface area contributed by atoms with Crippen LogP contribution in [-0.2, 0) is 13.0 Å². The number of aromatic nitrogens is 4. The monoisotopic (exact) mass is 126 g/mol. The SMILES string of the molecule is CCc1nnnn1CC. The quantitative estimate of drug-likeness (QED) is 0.570. The van der Waals surface area contributed by atoms with E-state index in [1.54, 1.807) is 4.68 Å². The lowest BCUT2D eigenvalue weighted by Crippen LogP contribution is -2.01. The molecule has 1 heterocycles. The van der Waals surface area contributed by atoms with Gasteiger partial charge in [0.05, 0.1) is 0 Å². The van der Waals surface area contributed by atoms with Gasteiger partial charge in [0.25, 0.3) is 0 Å². The second kappa shape index (κ2) is 2.57. The minimum absolute atomic E-state index is 0.857. The Morgan fingerprint density at radius 2 is 2.22 bits per heavy atom. The molecule has 0 N–H and O–H groups in total. The van der Waals surface area contributed by atoms with Gasteiger partial charge in [-0.2, -0.15) is 0 Å². The van der Waals surface area contributed by atoms with Crippen LogP contribution in [0.25, 0.3) is 0 Å². The normalized spacial score (nSPS) is 10.0. The largest absolute Gasteiger partial charge is 0.230 e. The van der Waals surface area contributed by atoms with Crippen LogP contribution in [0, 0.1) is 0 Å². The zero-order valence-electron chi connectivity index (χ0n) is 5.70. The van der Waals surface area contributed by atoms with Gasteiger partial charge in [-0.1, -0.05) is 6.92 Å². The van der Waals surface area contributed by atoms with Crippen molar-refractivity contribution in [1.29, 1.82) is 0 Å². The number of hydrogen-bond donors (Lipinski definition) is 0. The van der Waals surface area contributed by atoms with E-state index in [-0.39, 0.29) is 0 Å². The summed E-state index contributed by atoms with van der Waals surface area (Å²) >= 11 is 0. The zero-order chi connectivity index (χ0) is 6.69. The van der Waals surface area contributed by atoms with Crippen LogP contribution in [0.15, 0.2) is 0 Å². The molecule has 0 atom stereocenters. The van der Waals surface area contributed by atoms with E-state index in [1.165, 1.54) is 0 Å². The number of nitrogens with zero attached hydrogens (tertiary/aromatic N) is 4. The molecular weight excluding hydrogens is 116 g/mol. The summed E-state index contributed by atoms with van der Waals surface area (Å²) in [5, 5.41) is 11.1. The van der Waals surface area contributed by atoms with Gasteiger partial charge < -0.3 is 0 Å². The number of aryl methyl sites for hydroxylation is 2. The van der Waals surface area contributed by atoms with Crippen LogP contribution >= 0.6 is 0 Å². The van der Waals surface area contributed by atoms with Crippen molar-refractivity contribution in [1.82, 2.24) is 20.2 Å². The molecule has 0 unspecified atom stereocenters. The van der Waals surface area contributed by atoms with Crippen molar-refractivity contribution in [2.45, 2.75) is 26.8 Å². The lowest BCUT2D eigenvalue weighted by Gasteiger charge is -1.93. The Morgan fingerprint density at radius 1 is 1.44 bits per heavy atom. The summed E-state index contributed by atoms with van der Waals surface area (Å²) in [7, 11) is 0. The summed E-state index contributed by atoms with van der Waals surface area (Å²) in [6.45, 7) is 4.92. The summed E-state index contributed by atoms with van der Waals surface area (Å²) in [6.07, 6.45) is 0.904. The predicted molar refractivity (Wildman–Crippen MR) is 32.9 cm³/mol. The molecule has 0 radical (unpaired) electrons. The molecule has 0 aliphatic carbocycles. The number of rotatable bonds is 2. The lowest BCUT2D eigenvalue weighted by atomic mass is 10.4. The van der Waals surface area contributed by atoms with E-state index < -0.39 is 0 Å². The van der Waals surface area contributed by atoms with E-state index in [9.17, 15) is 0 Å². The molecule has 0 amide bonds. The highest BCUT2D eigenvalue weighted by Gasteiger charge is 1.97. The van der Waals surface area contributed by atoms with Gasteiger partial charge in [-0.05, 0) is 17.4 Å². The lowest BCUT2D eigenvalue weighted by molar-refractivity contribution is 0.600. The molecule has 1 aromatic heterocycles. The van der Waals surface area contributed by atoms with Crippen molar-refractivity contribution in [3.63, 3.8) is 0 Å². The molecule has 0 bridgehead atoms. The van der Waals surface area contributed by atoms with E-state index in [0.29, 0.717) is 0 Å². The Bertz CT molecular complexity index is 162. The Hall–Kier alpha value is -0.930. The van der Waals surface area contributed by atoms with Crippen LogP contribution in [-0.4, -0.2) is 20.2 Å². The van der Waals surface area contributed by atoms with Gasteiger partial charge in [-0.25, -0.2) is 4.68 Å². The molecule has 0 fully saturated rings. The number of hydrogen-bond acceptors (Lipinski definition) is 3. The molecule has 0 aliphatic rings. The van der Waals surface area contributed by atoms with Crippen molar-refractivity contribution in [3.8, 4) is 0 Å². The molecule has 0 saturated heterocycles. The molecule has 0 spiro atoms. The summed E-state index contributed by atoms with van der Waals surface area (Å²) in [4.78, 5) is 0. The van der Waals surface area contributed by atoms with Gasteiger partial charge in [-0.3, -0.25) is 0 Å². The second-order valence-corrected chi connectivity index (χ2v) is 1.76. The van der Waals surface area contributed by atoms with Crippen LogP contribution in [0.4, 0.5) is 0 Å². The van der Waals surface area contributed by atoms with E-state index in [1.807, 2.05) is 13.8 Å². The van der Waals surface area contributed by atoms with Gasteiger partial charge in [-0.15, -0.1) is 5.10 Å². The molecule has 1 aromatic rings. The first-order valence-corrected chi connectivity index (χ1v) is 3.13. The van der Waals surface area contributed by atoms with E-state index in [0.717, 1.165) is 18.8 Å². The van der Waals surface area contributed by atoms with Crippen LogP contribution in [0.2, 0.25) is 0 Å². The first kappa shape index (κ1) is 6.19. The van der Waals surface area contributed by atoms with Gasteiger partial charge in [0.1, 0.15) is 0 Å². The minimum Gasteiger partial charge on any atom is -0.230 e. The van der Waals surface area contributed by atoms with Crippen LogP contribution < -0.4 is 0 Å². The summed E-state index contributed by atoms with van der Waals surface area (Å²) in [6, 6.07) is 0. The molecule has 0 aliphatic heterocycles. The molecule has 4 heteroatoms. The fourth-order valence-corrected chi connectivity index (χ4v) is 0.722.